The molecule has 0 aromatic heterocycles. The molecule has 0 radical (unpaired) electrons. The van der Waals surface area contributed by atoms with Crippen molar-refractivity contribution in [1.82, 2.24) is 0 Å². The van der Waals surface area contributed by atoms with E-state index in [1.807, 2.05) is 0 Å². The van der Waals surface area contributed by atoms with Crippen molar-refractivity contribution in [3.8, 4) is 0 Å². The summed E-state index contributed by atoms with van der Waals surface area (Å²) in [6, 6.07) is 4.20. The monoisotopic (exact) mass is 310 g/mol. The molecule has 1 aromatic carbocycles. The predicted molar refractivity (Wildman–Crippen MR) is 70.3 cm³/mol. The molecule has 0 heterocycles. The maximum absolute atomic E-state index is 11.8. The number of hydrogen-bond donors (Lipinski definition) is 1. The lowest BCUT2D eigenvalue weighted by atomic mass is 10.0. The van der Waals surface area contributed by atoms with Gasteiger partial charge in [-0.3, -0.25) is 14.9 Å². The largest absolute Gasteiger partial charge is 0.324 e. The number of halogens is 3. The lowest BCUT2D eigenvalue weighted by molar-refractivity contribution is -0.384. The van der Waals surface area contributed by atoms with Crippen molar-refractivity contribution in [2.24, 2.45) is 5.73 Å². The van der Waals surface area contributed by atoms with Gasteiger partial charge >= 0.3 is 0 Å². The Bertz CT molecular complexity index is 456. The summed E-state index contributed by atoms with van der Waals surface area (Å²) in [4.78, 5) is 21.6. The normalized spacial score (nSPS) is 13.1. The Hall–Kier alpha value is -0.880. The minimum Gasteiger partial charge on any atom is -0.324 e. The summed E-state index contributed by atoms with van der Waals surface area (Å²) in [6.07, 6.45) is -0.158. The molecule has 5 nitrogen and oxygen atoms in total. The van der Waals surface area contributed by atoms with Gasteiger partial charge in [-0.25, -0.2) is 0 Å². The van der Waals surface area contributed by atoms with Crippen LogP contribution in [0.3, 0.4) is 0 Å². The molecule has 0 aliphatic heterocycles. The molecule has 0 unspecified atom stereocenters. The van der Waals surface area contributed by atoms with Crippen molar-refractivity contribution in [2.45, 2.75) is 16.3 Å². The topological polar surface area (TPSA) is 86.2 Å². The van der Waals surface area contributed by atoms with Gasteiger partial charge in [0.25, 0.3) is 5.69 Å². The lowest BCUT2D eigenvalue weighted by Gasteiger charge is -2.18. The third-order valence-corrected chi connectivity index (χ3v) is 3.07. The Balaban J connectivity index is 2.76. The third-order valence-electron chi connectivity index (χ3n) is 2.23. The number of alkyl halides is 3. The van der Waals surface area contributed by atoms with Crippen LogP contribution in [0.15, 0.2) is 24.3 Å². The van der Waals surface area contributed by atoms with E-state index in [0.29, 0.717) is 0 Å². The fraction of sp³-hybridized carbons (Fsp3) is 0.300. The molecule has 0 aliphatic carbocycles. The SMILES string of the molecule is N[C@@H](CC(=O)c1ccc([N+](=O)[O-])cc1)C(Cl)(Cl)Cl. The van der Waals surface area contributed by atoms with E-state index in [-0.39, 0.29) is 23.5 Å². The molecular formula is C10H9Cl3N2O3. The second kappa shape index (κ2) is 5.84. The van der Waals surface area contributed by atoms with Crippen LogP contribution in [0.2, 0.25) is 0 Å². The fourth-order valence-corrected chi connectivity index (χ4v) is 1.43. The van der Waals surface area contributed by atoms with Crippen LogP contribution in [0.5, 0.6) is 0 Å². The number of carbonyl (C=O) groups is 1. The van der Waals surface area contributed by atoms with E-state index < -0.39 is 14.8 Å². The molecule has 1 atom stereocenters. The second-order valence-electron chi connectivity index (χ2n) is 3.58. The summed E-state index contributed by atoms with van der Waals surface area (Å²) < 4.78 is -1.73. The summed E-state index contributed by atoms with van der Waals surface area (Å²) in [5, 5.41) is 10.4. The van der Waals surface area contributed by atoms with Crippen molar-refractivity contribution in [1.29, 1.82) is 0 Å². The van der Waals surface area contributed by atoms with Crippen molar-refractivity contribution < 1.29 is 9.72 Å². The molecule has 0 amide bonds. The maximum atomic E-state index is 11.8. The Kier molecular flexibility index (Phi) is 4.92. The van der Waals surface area contributed by atoms with Crippen molar-refractivity contribution in [3.05, 3.63) is 39.9 Å². The smallest absolute Gasteiger partial charge is 0.269 e. The Morgan fingerprint density at radius 3 is 2.22 bits per heavy atom. The van der Waals surface area contributed by atoms with E-state index in [4.69, 9.17) is 40.5 Å². The molecule has 98 valence electrons. The Morgan fingerprint density at radius 1 is 1.33 bits per heavy atom. The van der Waals surface area contributed by atoms with E-state index in [1.54, 1.807) is 0 Å². The highest BCUT2D eigenvalue weighted by molar-refractivity contribution is 6.68. The third kappa shape index (κ3) is 4.10. The fourth-order valence-electron chi connectivity index (χ4n) is 1.20. The first-order valence-corrected chi connectivity index (χ1v) is 5.95. The van der Waals surface area contributed by atoms with Crippen LogP contribution < -0.4 is 5.73 Å². The number of nitro benzene ring substituents is 1. The molecule has 0 saturated carbocycles. The molecule has 8 heteroatoms. The van der Waals surface area contributed by atoms with Gasteiger partial charge < -0.3 is 5.73 Å². The van der Waals surface area contributed by atoms with E-state index in [1.165, 1.54) is 24.3 Å². The zero-order chi connectivity index (χ0) is 13.9. The summed E-state index contributed by atoms with van der Waals surface area (Å²) in [5.41, 5.74) is 5.73. The van der Waals surface area contributed by atoms with Crippen LogP contribution in [0.25, 0.3) is 0 Å². The molecule has 0 bridgehead atoms. The van der Waals surface area contributed by atoms with Crippen molar-refractivity contribution in [3.63, 3.8) is 0 Å². The molecular weight excluding hydrogens is 302 g/mol. The zero-order valence-electron chi connectivity index (χ0n) is 8.98. The number of nitrogens with two attached hydrogens (primary N) is 1. The van der Waals surface area contributed by atoms with Gasteiger partial charge in [0.15, 0.2) is 5.78 Å². The zero-order valence-corrected chi connectivity index (χ0v) is 11.2. The minimum absolute atomic E-state index is 0.0998. The summed E-state index contributed by atoms with van der Waals surface area (Å²) >= 11 is 16.6. The number of non-ortho nitro benzene ring substituents is 1. The van der Waals surface area contributed by atoms with Gasteiger partial charge in [0.1, 0.15) is 0 Å². The van der Waals surface area contributed by atoms with Crippen LogP contribution in [0.1, 0.15) is 16.8 Å². The Labute approximate surface area is 118 Å². The number of benzene rings is 1. The first-order valence-electron chi connectivity index (χ1n) is 4.82. The molecule has 0 aliphatic rings. The van der Waals surface area contributed by atoms with Crippen molar-refractivity contribution in [2.75, 3.05) is 0 Å². The van der Waals surface area contributed by atoms with E-state index >= 15 is 0 Å². The molecule has 1 rings (SSSR count). The van der Waals surface area contributed by atoms with Gasteiger partial charge in [0.2, 0.25) is 3.79 Å². The van der Waals surface area contributed by atoms with Gasteiger partial charge in [0.05, 0.1) is 11.0 Å². The summed E-state index contributed by atoms with van der Waals surface area (Å²) in [6.45, 7) is 0. The predicted octanol–water partition coefficient (Wildman–Crippen LogP) is 2.87. The van der Waals surface area contributed by atoms with Gasteiger partial charge in [-0.2, -0.15) is 0 Å². The highest BCUT2D eigenvalue weighted by Crippen LogP contribution is 2.31. The Morgan fingerprint density at radius 2 is 1.83 bits per heavy atom. The number of rotatable bonds is 4. The minimum atomic E-state index is -1.73. The first-order chi connectivity index (χ1) is 8.21. The average molecular weight is 312 g/mol. The number of carbonyl (C=O) groups excluding carboxylic acids is 1. The number of nitro groups is 1. The van der Waals surface area contributed by atoms with Crippen LogP contribution in [0, 0.1) is 10.1 Å². The standard InChI is InChI=1S/C10H9Cl3N2O3/c11-10(12,13)9(14)5-8(16)6-1-3-7(4-2-6)15(17)18/h1-4,9H,5,14H2/t9-/m0/s1. The van der Waals surface area contributed by atoms with E-state index in [0.717, 1.165) is 0 Å². The number of Topliss-reactive ketones (excluding diaryl/α,β-unsaturated/α-hetero) is 1. The van der Waals surface area contributed by atoms with Crippen LogP contribution in [0.4, 0.5) is 5.69 Å². The lowest BCUT2D eigenvalue weighted by Crippen LogP contribution is -2.36. The van der Waals surface area contributed by atoms with Gasteiger partial charge in [-0.05, 0) is 12.1 Å². The molecule has 0 saturated heterocycles. The number of ketones is 1. The molecule has 1 aromatic rings. The molecule has 18 heavy (non-hydrogen) atoms. The van der Waals surface area contributed by atoms with Gasteiger partial charge in [0, 0.05) is 24.1 Å². The highest BCUT2D eigenvalue weighted by atomic mass is 35.6. The van der Waals surface area contributed by atoms with Crippen LogP contribution in [-0.4, -0.2) is 20.5 Å². The van der Waals surface area contributed by atoms with E-state index in [9.17, 15) is 14.9 Å². The average Bonchev–Trinajstić information content (AvgIpc) is 2.27. The second-order valence-corrected chi connectivity index (χ2v) is 5.95. The molecule has 0 spiro atoms. The van der Waals surface area contributed by atoms with E-state index in [2.05, 4.69) is 0 Å². The van der Waals surface area contributed by atoms with Gasteiger partial charge in [-0.15, -0.1) is 0 Å². The maximum Gasteiger partial charge on any atom is 0.269 e. The molecule has 0 fully saturated rings. The molecule has 2 N–H and O–H groups in total. The van der Waals surface area contributed by atoms with Crippen LogP contribution in [-0.2, 0) is 0 Å². The quantitative estimate of drug-likeness (QED) is 0.401. The summed E-state index contributed by atoms with van der Waals surface area (Å²) in [7, 11) is 0. The number of hydrogen-bond acceptors (Lipinski definition) is 4. The van der Waals surface area contributed by atoms with Crippen LogP contribution >= 0.6 is 34.8 Å². The number of nitrogens with zero attached hydrogens (tertiary/aromatic N) is 1. The first kappa shape index (κ1) is 15.2. The highest BCUT2D eigenvalue weighted by Gasteiger charge is 2.31. The van der Waals surface area contributed by atoms with Crippen molar-refractivity contribution >= 4 is 46.3 Å². The van der Waals surface area contributed by atoms with Gasteiger partial charge in [-0.1, -0.05) is 34.8 Å². The summed E-state index contributed by atoms with van der Waals surface area (Å²) in [5.74, 6) is -0.344.